The number of nitrogens with two attached hydrogens (primary N) is 1. The minimum atomic E-state index is -0.634. The second-order valence-electron chi connectivity index (χ2n) is 9.03. The Bertz CT molecular complexity index is 1060. The lowest BCUT2D eigenvalue weighted by atomic mass is 10.1. The van der Waals surface area contributed by atoms with Crippen LogP contribution in [0.25, 0.3) is 0 Å². The van der Waals surface area contributed by atoms with Crippen molar-refractivity contribution in [1.82, 2.24) is 29.8 Å². The van der Waals surface area contributed by atoms with Crippen LogP contribution in [0.2, 0.25) is 0 Å². The zero-order valence-electron chi connectivity index (χ0n) is 19.1. The number of unbranched alkanes of at least 4 members (excludes halogenated alkanes) is 1. The number of nitrogens with one attached hydrogen (secondary N) is 1. The third kappa shape index (κ3) is 5.05. The molecule has 2 aromatic rings. The summed E-state index contributed by atoms with van der Waals surface area (Å²) in [5.41, 5.74) is 4.85. The van der Waals surface area contributed by atoms with E-state index in [2.05, 4.69) is 20.5 Å². The van der Waals surface area contributed by atoms with Crippen LogP contribution in [-0.4, -0.2) is 47.5 Å². The van der Waals surface area contributed by atoms with Crippen molar-refractivity contribution in [2.45, 2.75) is 89.5 Å². The second-order valence-corrected chi connectivity index (χ2v) is 9.98. The van der Waals surface area contributed by atoms with E-state index >= 15 is 0 Å². The number of aromatic nitrogens is 6. The van der Waals surface area contributed by atoms with Gasteiger partial charge in [0.1, 0.15) is 5.82 Å². The molecule has 1 aliphatic carbocycles. The number of amides is 1. The number of hydrogen-bond acceptors (Lipinski definition) is 8. The molecule has 0 saturated heterocycles. The molecule has 3 N–H and O–H groups in total. The number of aromatic amines is 1. The minimum absolute atomic E-state index is 0.0389. The van der Waals surface area contributed by atoms with Crippen molar-refractivity contribution in [3.8, 4) is 0 Å². The molecule has 1 fully saturated rings. The van der Waals surface area contributed by atoms with Crippen LogP contribution in [0.4, 0.5) is 11.5 Å². The van der Waals surface area contributed by atoms with Crippen LogP contribution in [0, 0.1) is 0 Å². The van der Waals surface area contributed by atoms with Crippen molar-refractivity contribution in [3.63, 3.8) is 0 Å². The van der Waals surface area contributed by atoms with Gasteiger partial charge in [-0.1, -0.05) is 37.9 Å². The maximum atomic E-state index is 13.4. The molecular formula is C20H32N8O3S. The summed E-state index contributed by atoms with van der Waals surface area (Å²) < 4.78 is 3.01. The molecule has 1 aliphatic rings. The van der Waals surface area contributed by atoms with Crippen LogP contribution in [0.1, 0.15) is 66.2 Å². The molecule has 2 aromatic heterocycles. The molecule has 1 amide bonds. The van der Waals surface area contributed by atoms with Gasteiger partial charge in [0, 0.05) is 12.6 Å². The monoisotopic (exact) mass is 464 g/mol. The van der Waals surface area contributed by atoms with E-state index in [1.165, 1.54) is 21.2 Å². The summed E-state index contributed by atoms with van der Waals surface area (Å²) in [5, 5.41) is 12.3. The van der Waals surface area contributed by atoms with Crippen molar-refractivity contribution < 1.29 is 4.79 Å². The number of carbonyl (C=O) groups excluding carboxylic acids is 1. The molecule has 0 bridgehead atoms. The van der Waals surface area contributed by atoms with Crippen LogP contribution >= 0.6 is 11.8 Å². The highest BCUT2D eigenvalue weighted by molar-refractivity contribution is 7.99. The number of thioether (sulfide) groups is 1. The van der Waals surface area contributed by atoms with Gasteiger partial charge < -0.3 is 10.6 Å². The largest absolute Gasteiger partial charge is 0.383 e. The molecule has 32 heavy (non-hydrogen) atoms. The summed E-state index contributed by atoms with van der Waals surface area (Å²) >= 11 is 1.22. The number of tetrazole rings is 1. The van der Waals surface area contributed by atoms with Crippen LogP contribution in [0.3, 0.4) is 0 Å². The number of hydrogen-bond donors (Lipinski definition) is 2. The second kappa shape index (κ2) is 9.88. The van der Waals surface area contributed by atoms with Gasteiger partial charge in [-0.15, -0.1) is 5.10 Å². The Labute approximate surface area is 190 Å². The fourth-order valence-corrected chi connectivity index (χ4v) is 4.83. The highest BCUT2D eigenvalue weighted by atomic mass is 32.2. The average molecular weight is 465 g/mol. The average Bonchev–Trinajstić information content (AvgIpc) is 3.40. The highest BCUT2D eigenvalue weighted by Gasteiger charge is 2.33. The van der Waals surface area contributed by atoms with Crippen molar-refractivity contribution in [2.24, 2.45) is 0 Å². The molecule has 176 valence electrons. The summed E-state index contributed by atoms with van der Waals surface area (Å²) in [6.07, 6.45) is 5.10. The molecular weight excluding hydrogens is 432 g/mol. The van der Waals surface area contributed by atoms with Gasteiger partial charge in [0.15, 0.2) is 5.69 Å². The summed E-state index contributed by atoms with van der Waals surface area (Å²) in [6.45, 7) is 8.30. The normalized spacial score (nSPS) is 14.8. The number of carbonyl (C=O) groups is 1. The lowest BCUT2D eigenvalue weighted by molar-refractivity contribution is -0.116. The van der Waals surface area contributed by atoms with Crippen molar-refractivity contribution in [3.05, 3.63) is 20.8 Å². The Morgan fingerprint density at radius 1 is 1.28 bits per heavy atom. The molecule has 0 aliphatic heterocycles. The van der Waals surface area contributed by atoms with Gasteiger partial charge in [0.25, 0.3) is 5.56 Å². The van der Waals surface area contributed by atoms with E-state index in [0.717, 1.165) is 38.5 Å². The molecule has 3 rings (SSSR count). The molecule has 0 spiro atoms. The quantitative estimate of drug-likeness (QED) is 0.562. The Morgan fingerprint density at radius 2 is 1.97 bits per heavy atom. The van der Waals surface area contributed by atoms with Crippen molar-refractivity contribution in [2.75, 3.05) is 16.4 Å². The fraction of sp³-hybridized carbons (Fsp3) is 0.700. The molecule has 0 unspecified atom stereocenters. The van der Waals surface area contributed by atoms with Gasteiger partial charge in [0.05, 0.1) is 11.3 Å². The first-order chi connectivity index (χ1) is 15.1. The number of anilines is 2. The molecule has 11 nitrogen and oxygen atoms in total. The maximum Gasteiger partial charge on any atom is 0.330 e. The van der Waals surface area contributed by atoms with Gasteiger partial charge in [0.2, 0.25) is 11.1 Å². The summed E-state index contributed by atoms with van der Waals surface area (Å²) in [5.74, 6) is -0.180. The van der Waals surface area contributed by atoms with E-state index < -0.39 is 11.2 Å². The smallest absolute Gasteiger partial charge is 0.330 e. The standard InChI is InChI=1S/C20H32N8O3S/c1-5-6-11-26-16(21)15(17(30)22-18(26)31)27(13-9-7-8-10-13)14(29)12-32-19-23-24-25-28(19)20(2,3)4/h13H,5-12,21H2,1-4H3,(H,22,30,31). The first-order valence-corrected chi connectivity index (χ1v) is 12.0. The number of nitrogens with zero attached hydrogens (tertiary/aromatic N) is 6. The molecule has 0 aromatic carbocycles. The topological polar surface area (TPSA) is 145 Å². The first kappa shape index (κ1) is 24.0. The first-order valence-electron chi connectivity index (χ1n) is 11.0. The number of nitrogen functional groups attached to an aromatic ring is 1. The minimum Gasteiger partial charge on any atom is -0.383 e. The van der Waals surface area contributed by atoms with E-state index in [1.54, 1.807) is 4.68 Å². The third-order valence-electron chi connectivity index (χ3n) is 5.55. The Balaban J connectivity index is 1.95. The van der Waals surface area contributed by atoms with Gasteiger partial charge in [-0.05, 0) is 50.5 Å². The van der Waals surface area contributed by atoms with Crippen LogP contribution in [0.15, 0.2) is 14.7 Å². The Morgan fingerprint density at radius 3 is 2.59 bits per heavy atom. The van der Waals surface area contributed by atoms with E-state index in [-0.39, 0.29) is 34.7 Å². The number of H-pyrrole nitrogens is 1. The third-order valence-corrected chi connectivity index (χ3v) is 6.45. The highest BCUT2D eigenvalue weighted by Crippen LogP contribution is 2.31. The van der Waals surface area contributed by atoms with Crippen LogP contribution in [0.5, 0.6) is 0 Å². The predicted molar refractivity (Wildman–Crippen MR) is 124 cm³/mol. The predicted octanol–water partition coefficient (Wildman–Crippen LogP) is 1.73. The lowest BCUT2D eigenvalue weighted by Crippen LogP contribution is -2.46. The molecule has 0 atom stereocenters. The Hall–Kier alpha value is -2.63. The van der Waals surface area contributed by atoms with Gasteiger partial charge in [-0.25, -0.2) is 9.48 Å². The zero-order valence-corrected chi connectivity index (χ0v) is 19.9. The van der Waals surface area contributed by atoms with Crippen LogP contribution < -0.4 is 21.9 Å². The SMILES string of the molecule is CCCCn1c(N)c(N(C(=O)CSc2nnnn2C(C)(C)C)C2CCCC2)c(=O)[nH]c1=O. The van der Waals surface area contributed by atoms with Crippen molar-refractivity contribution in [1.29, 1.82) is 0 Å². The summed E-state index contributed by atoms with van der Waals surface area (Å²) in [7, 11) is 0. The van der Waals surface area contributed by atoms with E-state index in [1.807, 2.05) is 27.7 Å². The Kier molecular flexibility index (Phi) is 7.42. The van der Waals surface area contributed by atoms with Gasteiger partial charge in [-0.3, -0.25) is 19.1 Å². The molecule has 2 heterocycles. The molecule has 12 heteroatoms. The van der Waals surface area contributed by atoms with Crippen molar-refractivity contribution >= 4 is 29.2 Å². The lowest BCUT2D eigenvalue weighted by Gasteiger charge is -2.30. The molecule has 0 radical (unpaired) electrons. The van der Waals surface area contributed by atoms with E-state index in [9.17, 15) is 14.4 Å². The maximum absolute atomic E-state index is 13.4. The summed E-state index contributed by atoms with van der Waals surface area (Å²) in [6, 6.07) is -0.137. The zero-order chi connectivity index (χ0) is 23.5. The summed E-state index contributed by atoms with van der Waals surface area (Å²) in [4.78, 5) is 42.4. The van der Waals surface area contributed by atoms with E-state index in [4.69, 9.17) is 5.73 Å². The van der Waals surface area contributed by atoms with E-state index in [0.29, 0.717) is 11.7 Å². The van der Waals surface area contributed by atoms with Crippen LogP contribution in [-0.2, 0) is 16.9 Å². The van der Waals surface area contributed by atoms with Gasteiger partial charge >= 0.3 is 5.69 Å². The molecule has 1 saturated carbocycles. The number of rotatable bonds is 8. The fourth-order valence-electron chi connectivity index (χ4n) is 3.91. The van der Waals surface area contributed by atoms with Gasteiger partial charge in [-0.2, -0.15) is 0 Å².